The Kier molecular flexibility index (Phi) is 24.7. The van der Waals surface area contributed by atoms with Gasteiger partial charge in [0.25, 0.3) is 0 Å². The molecule has 324 valence electrons. The molecule has 0 bridgehead atoms. The number of guanidine groups is 1. The van der Waals surface area contributed by atoms with Crippen LogP contribution in [0.2, 0.25) is 0 Å². The van der Waals surface area contributed by atoms with E-state index < -0.39 is 97.2 Å². The third kappa shape index (κ3) is 22.0. The quantitative estimate of drug-likeness (QED) is 0.0205. The molecular formula is C36H61N13O9. The molecule has 0 aliphatic rings. The van der Waals surface area contributed by atoms with Gasteiger partial charge in [-0.15, -0.1) is 0 Å². The van der Waals surface area contributed by atoms with Crippen LogP contribution in [0.15, 0.2) is 35.3 Å². The fourth-order valence-electron chi connectivity index (χ4n) is 5.27. The topological polar surface area (TPSA) is 383 Å². The monoisotopic (exact) mass is 819 g/mol. The van der Waals surface area contributed by atoms with E-state index in [4.69, 9.17) is 33.8 Å². The summed E-state index contributed by atoms with van der Waals surface area (Å²) in [5.41, 5.74) is 28.4. The van der Waals surface area contributed by atoms with Crippen LogP contribution in [0.25, 0.3) is 0 Å². The Morgan fingerprint density at radius 3 is 1.72 bits per heavy atom. The second-order valence-corrected chi connectivity index (χ2v) is 13.4. The molecule has 1 rings (SSSR count). The predicted octanol–water partition coefficient (Wildman–Crippen LogP) is -4.74. The van der Waals surface area contributed by atoms with E-state index in [1.165, 1.54) is 6.92 Å². The van der Waals surface area contributed by atoms with Crippen molar-refractivity contribution in [1.29, 1.82) is 0 Å². The zero-order chi connectivity index (χ0) is 43.5. The summed E-state index contributed by atoms with van der Waals surface area (Å²) in [6, 6.07) is 3.18. The van der Waals surface area contributed by atoms with Crippen molar-refractivity contribution < 1.29 is 43.5 Å². The Bertz CT molecular complexity index is 1530. The standard InChI is InChI=1S/C36H61N13O9/c1-22(31(54)49-25(13-6-8-16-38)33(56)45-21-30(52)53)46-35(58)26(14-9-17-42-36(40)41)47-28(50)20-44-34(57)27(18-23-10-3-2-4-11-23)48-29(51)19-43-32(55)24(39)12-5-7-15-37/h2-4,10-11,22,24-27H,5-9,12-21,37-39H2,1H3,(H,43,55)(H,44,57)(H,45,56)(H,46,58)(H,47,50)(H,48,51)(H,49,54)(H,52,53)(H4,40,41,42)/t22-,24-,25-,26-,27-/m0/s1. The van der Waals surface area contributed by atoms with Gasteiger partial charge < -0.3 is 71.0 Å². The largest absolute Gasteiger partial charge is 0.480 e. The summed E-state index contributed by atoms with van der Waals surface area (Å²) in [5.74, 6) is -6.47. The fourth-order valence-corrected chi connectivity index (χ4v) is 5.27. The van der Waals surface area contributed by atoms with Gasteiger partial charge in [0.05, 0.1) is 19.1 Å². The Morgan fingerprint density at radius 1 is 0.621 bits per heavy atom. The molecule has 0 saturated heterocycles. The summed E-state index contributed by atoms with van der Waals surface area (Å²) in [5, 5.41) is 26.1. The van der Waals surface area contributed by atoms with Gasteiger partial charge in [0.1, 0.15) is 30.7 Å². The number of nitrogens with two attached hydrogens (primary N) is 5. The molecule has 22 heteroatoms. The summed E-state index contributed by atoms with van der Waals surface area (Å²) in [6.45, 7) is 0.516. The molecule has 18 N–H and O–H groups in total. The number of carbonyl (C=O) groups excluding carboxylic acids is 7. The van der Waals surface area contributed by atoms with E-state index in [-0.39, 0.29) is 38.2 Å². The average Bonchev–Trinajstić information content (AvgIpc) is 3.18. The smallest absolute Gasteiger partial charge is 0.322 e. The molecule has 0 spiro atoms. The van der Waals surface area contributed by atoms with E-state index in [1.54, 1.807) is 30.3 Å². The molecule has 5 atom stereocenters. The zero-order valence-electron chi connectivity index (χ0n) is 32.9. The van der Waals surface area contributed by atoms with E-state index in [0.29, 0.717) is 50.8 Å². The normalized spacial score (nSPS) is 13.2. The van der Waals surface area contributed by atoms with E-state index in [0.717, 1.165) is 0 Å². The number of hydrogen-bond acceptors (Lipinski definition) is 12. The molecule has 0 unspecified atom stereocenters. The molecule has 1 aromatic rings. The predicted molar refractivity (Wildman–Crippen MR) is 214 cm³/mol. The second-order valence-electron chi connectivity index (χ2n) is 13.4. The van der Waals surface area contributed by atoms with Crippen LogP contribution < -0.4 is 65.9 Å². The Labute approximate surface area is 337 Å². The van der Waals surface area contributed by atoms with Gasteiger partial charge in [-0.3, -0.25) is 43.3 Å². The van der Waals surface area contributed by atoms with Crippen molar-refractivity contribution in [3.8, 4) is 0 Å². The maximum absolute atomic E-state index is 13.4. The van der Waals surface area contributed by atoms with Gasteiger partial charge in [0, 0.05) is 13.0 Å². The summed E-state index contributed by atoms with van der Waals surface area (Å²) in [4.78, 5) is 105. The Hall–Kier alpha value is -5.87. The second kappa shape index (κ2) is 28.5. The van der Waals surface area contributed by atoms with Crippen LogP contribution in [0, 0.1) is 0 Å². The average molecular weight is 820 g/mol. The number of carbonyl (C=O) groups is 8. The SMILES string of the molecule is C[C@H](NC(=O)[C@H](CCCN=C(N)N)NC(=O)CNC(=O)[C@H](Cc1ccccc1)NC(=O)CNC(=O)[C@@H](N)CCCCN)C(=O)N[C@@H](CCCCN)C(=O)NCC(=O)O. The van der Waals surface area contributed by atoms with Gasteiger partial charge in [-0.2, -0.15) is 0 Å². The Morgan fingerprint density at radius 2 is 1.14 bits per heavy atom. The van der Waals surface area contributed by atoms with E-state index >= 15 is 0 Å². The minimum absolute atomic E-state index is 0.00499. The highest BCUT2D eigenvalue weighted by molar-refractivity contribution is 5.96. The van der Waals surface area contributed by atoms with E-state index in [2.05, 4.69) is 42.2 Å². The number of aliphatic imine (C=N–C) groups is 1. The fraction of sp³-hybridized carbons (Fsp3) is 0.583. The van der Waals surface area contributed by atoms with Gasteiger partial charge in [-0.05, 0) is 70.5 Å². The van der Waals surface area contributed by atoms with Gasteiger partial charge in [-0.1, -0.05) is 36.8 Å². The molecule has 22 nitrogen and oxygen atoms in total. The van der Waals surface area contributed by atoms with Gasteiger partial charge in [-0.25, -0.2) is 0 Å². The maximum atomic E-state index is 13.4. The van der Waals surface area contributed by atoms with Crippen molar-refractivity contribution in [3.63, 3.8) is 0 Å². The molecule has 0 saturated carbocycles. The first-order valence-electron chi connectivity index (χ1n) is 19.1. The first-order valence-corrected chi connectivity index (χ1v) is 19.1. The number of carboxylic acid groups (broad SMARTS) is 1. The van der Waals surface area contributed by atoms with E-state index in [9.17, 15) is 38.4 Å². The third-order valence-corrected chi connectivity index (χ3v) is 8.43. The van der Waals surface area contributed by atoms with Crippen LogP contribution in [-0.4, -0.2) is 128 Å². The van der Waals surface area contributed by atoms with Crippen molar-refractivity contribution in [2.75, 3.05) is 39.3 Å². The van der Waals surface area contributed by atoms with Crippen molar-refractivity contribution >= 4 is 53.3 Å². The van der Waals surface area contributed by atoms with Crippen LogP contribution in [0.3, 0.4) is 0 Å². The van der Waals surface area contributed by atoms with Crippen LogP contribution in [-0.2, 0) is 44.8 Å². The number of carboxylic acids is 1. The molecule has 0 aromatic heterocycles. The lowest BCUT2D eigenvalue weighted by Crippen LogP contribution is -2.57. The van der Waals surface area contributed by atoms with Gasteiger partial charge >= 0.3 is 5.97 Å². The Balaban J connectivity index is 2.99. The third-order valence-electron chi connectivity index (χ3n) is 8.43. The minimum Gasteiger partial charge on any atom is -0.480 e. The minimum atomic E-state index is -1.28. The number of amides is 7. The van der Waals surface area contributed by atoms with Crippen molar-refractivity contribution in [3.05, 3.63) is 35.9 Å². The molecule has 58 heavy (non-hydrogen) atoms. The highest BCUT2D eigenvalue weighted by atomic mass is 16.4. The van der Waals surface area contributed by atoms with Crippen molar-refractivity contribution in [2.24, 2.45) is 33.7 Å². The van der Waals surface area contributed by atoms with Crippen LogP contribution in [0.1, 0.15) is 63.9 Å². The first-order chi connectivity index (χ1) is 27.6. The number of hydrogen-bond donors (Lipinski definition) is 13. The summed E-state index contributed by atoms with van der Waals surface area (Å²) in [6.07, 6.45) is 3.13. The molecule has 0 fully saturated rings. The number of aliphatic carboxylic acids is 1. The van der Waals surface area contributed by atoms with Crippen molar-refractivity contribution in [2.45, 2.75) is 94.9 Å². The van der Waals surface area contributed by atoms with Crippen LogP contribution in [0.5, 0.6) is 0 Å². The first kappa shape index (κ1) is 50.1. The lowest BCUT2D eigenvalue weighted by Gasteiger charge is -2.24. The molecule has 0 radical (unpaired) electrons. The molecule has 1 aromatic carbocycles. The molecule has 7 amide bonds. The molecule has 0 heterocycles. The molecule has 0 aliphatic carbocycles. The number of rotatable bonds is 29. The number of unbranched alkanes of at least 4 members (excludes halogenated alkanes) is 2. The lowest BCUT2D eigenvalue weighted by molar-refractivity contribution is -0.138. The van der Waals surface area contributed by atoms with Gasteiger partial charge in [0.2, 0.25) is 41.4 Å². The number of nitrogens with zero attached hydrogens (tertiary/aromatic N) is 1. The summed E-state index contributed by atoms with van der Waals surface area (Å²) >= 11 is 0. The number of benzene rings is 1. The molecule has 0 aliphatic heterocycles. The molecular weight excluding hydrogens is 758 g/mol. The van der Waals surface area contributed by atoms with Crippen LogP contribution >= 0.6 is 0 Å². The van der Waals surface area contributed by atoms with Crippen molar-refractivity contribution in [1.82, 2.24) is 37.2 Å². The number of nitrogens with one attached hydrogen (secondary N) is 7. The highest BCUT2D eigenvalue weighted by Gasteiger charge is 2.28. The maximum Gasteiger partial charge on any atom is 0.322 e. The highest BCUT2D eigenvalue weighted by Crippen LogP contribution is 2.06. The summed E-state index contributed by atoms with van der Waals surface area (Å²) < 4.78 is 0. The van der Waals surface area contributed by atoms with E-state index in [1.807, 2.05) is 0 Å². The zero-order valence-corrected chi connectivity index (χ0v) is 32.9. The van der Waals surface area contributed by atoms with Crippen LogP contribution in [0.4, 0.5) is 0 Å². The summed E-state index contributed by atoms with van der Waals surface area (Å²) in [7, 11) is 0. The van der Waals surface area contributed by atoms with Gasteiger partial charge in [0.15, 0.2) is 5.96 Å². The lowest BCUT2D eigenvalue weighted by atomic mass is 10.1.